The van der Waals surface area contributed by atoms with Crippen molar-refractivity contribution >= 4 is 17.4 Å². The Morgan fingerprint density at radius 2 is 1.53 bits per heavy atom. The molecule has 2 aromatic carbocycles. The summed E-state index contributed by atoms with van der Waals surface area (Å²) >= 11 is 1.87. The summed E-state index contributed by atoms with van der Waals surface area (Å²) in [5.74, 6) is 1.01. The Bertz CT molecular complexity index is 497. The van der Waals surface area contributed by atoms with Gasteiger partial charge in [0.15, 0.2) is 0 Å². The number of hydrogen-bond donors (Lipinski definition) is 1. The minimum Gasteiger partial charge on any atom is -0.380 e. The van der Waals surface area contributed by atoms with E-state index >= 15 is 0 Å². The summed E-state index contributed by atoms with van der Waals surface area (Å²) in [4.78, 5) is 1.32. The Morgan fingerprint density at radius 1 is 0.895 bits per heavy atom. The first kappa shape index (κ1) is 14.0. The lowest BCUT2D eigenvalue weighted by molar-refractivity contribution is 0.634. The van der Waals surface area contributed by atoms with Crippen molar-refractivity contribution in [1.29, 1.82) is 0 Å². The highest BCUT2D eigenvalue weighted by Crippen LogP contribution is 2.23. The molecule has 0 saturated heterocycles. The summed E-state index contributed by atoms with van der Waals surface area (Å²) in [5, 5.41) is 3.48. The average Bonchev–Trinajstić information content (AvgIpc) is 2.37. The molecule has 0 aliphatic carbocycles. The average molecular weight is 271 g/mol. The molecule has 0 fully saturated rings. The molecular formula is C17H21NS. The van der Waals surface area contributed by atoms with E-state index in [4.69, 9.17) is 0 Å². The second-order valence-electron chi connectivity index (χ2n) is 5.67. The first-order chi connectivity index (χ1) is 9.03. The lowest BCUT2D eigenvalue weighted by Gasteiger charge is -2.22. The molecule has 0 atom stereocenters. The standard InChI is InChI=1S/C17H21NS/c1-17(2,3)18-15-11-9-14(10-12-15)13-19-16-7-5-4-6-8-16/h4-12,18H,13H2,1-3H3. The molecule has 0 aromatic heterocycles. The quantitative estimate of drug-likeness (QED) is 0.768. The smallest absolute Gasteiger partial charge is 0.0344 e. The van der Waals surface area contributed by atoms with Gasteiger partial charge in [0.25, 0.3) is 0 Å². The fourth-order valence-electron chi connectivity index (χ4n) is 1.80. The normalized spacial score (nSPS) is 11.3. The predicted octanol–water partition coefficient (Wildman–Crippen LogP) is 5.19. The van der Waals surface area contributed by atoms with Gasteiger partial charge >= 0.3 is 0 Å². The number of nitrogens with one attached hydrogen (secondary N) is 1. The number of benzene rings is 2. The minimum absolute atomic E-state index is 0.111. The lowest BCUT2D eigenvalue weighted by Crippen LogP contribution is -2.25. The third kappa shape index (κ3) is 4.99. The van der Waals surface area contributed by atoms with Crippen LogP contribution in [0.1, 0.15) is 26.3 Å². The van der Waals surface area contributed by atoms with Gasteiger partial charge in [0, 0.05) is 21.9 Å². The molecule has 0 saturated carbocycles. The van der Waals surface area contributed by atoms with Crippen molar-refractivity contribution in [2.45, 2.75) is 37.0 Å². The summed E-state index contributed by atoms with van der Waals surface area (Å²) < 4.78 is 0. The molecule has 0 bridgehead atoms. The third-order valence-corrected chi connectivity index (χ3v) is 3.71. The van der Waals surface area contributed by atoms with Crippen molar-refractivity contribution in [3.8, 4) is 0 Å². The van der Waals surface area contributed by atoms with Gasteiger partial charge < -0.3 is 5.32 Å². The van der Waals surface area contributed by atoms with Gasteiger partial charge in [-0.05, 0) is 50.6 Å². The topological polar surface area (TPSA) is 12.0 Å². The number of anilines is 1. The molecule has 0 unspecified atom stereocenters. The Labute approximate surface area is 120 Å². The first-order valence-corrected chi connectivity index (χ1v) is 7.56. The molecule has 2 heteroatoms. The number of hydrogen-bond acceptors (Lipinski definition) is 2. The maximum atomic E-state index is 3.48. The molecule has 100 valence electrons. The Kier molecular flexibility index (Phi) is 4.54. The van der Waals surface area contributed by atoms with Crippen molar-refractivity contribution in [2.24, 2.45) is 0 Å². The van der Waals surface area contributed by atoms with Crippen LogP contribution in [0, 0.1) is 0 Å². The van der Waals surface area contributed by atoms with Gasteiger partial charge in [-0.1, -0.05) is 30.3 Å². The molecule has 19 heavy (non-hydrogen) atoms. The first-order valence-electron chi connectivity index (χ1n) is 6.58. The van der Waals surface area contributed by atoms with Gasteiger partial charge in [0.2, 0.25) is 0 Å². The molecule has 0 amide bonds. The maximum absolute atomic E-state index is 3.48. The van der Waals surface area contributed by atoms with E-state index in [0.717, 1.165) is 5.75 Å². The van der Waals surface area contributed by atoms with Crippen molar-refractivity contribution < 1.29 is 0 Å². The van der Waals surface area contributed by atoms with E-state index in [1.54, 1.807) is 0 Å². The zero-order valence-electron chi connectivity index (χ0n) is 11.8. The van der Waals surface area contributed by atoms with E-state index in [-0.39, 0.29) is 5.54 Å². The van der Waals surface area contributed by atoms with Gasteiger partial charge in [0.1, 0.15) is 0 Å². The molecule has 0 aliphatic heterocycles. The van der Waals surface area contributed by atoms with Crippen LogP contribution in [-0.2, 0) is 5.75 Å². The molecule has 1 N–H and O–H groups in total. The summed E-state index contributed by atoms with van der Waals surface area (Å²) in [6.45, 7) is 6.52. The van der Waals surface area contributed by atoms with Gasteiger partial charge in [0.05, 0.1) is 0 Å². The number of thioether (sulfide) groups is 1. The highest BCUT2D eigenvalue weighted by molar-refractivity contribution is 7.98. The molecule has 0 spiro atoms. The fourth-order valence-corrected chi connectivity index (χ4v) is 2.68. The number of rotatable bonds is 4. The Balaban J connectivity index is 1.92. The summed E-state index contributed by atoms with van der Waals surface area (Å²) in [6, 6.07) is 19.2. The predicted molar refractivity (Wildman–Crippen MR) is 85.8 cm³/mol. The molecule has 0 heterocycles. The van der Waals surface area contributed by atoms with Crippen molar-refractivity contribution in [3.05, 3.63) is 60.2 Å². The zero-order chi connectivity index (χ0) is 13.7. The zero-order valence-corrected chi connectivity index (χ0v) is 12.6. The molecule has 2 rings (SSSR count). The molecule has 1 nitrogen and oxygen atoms in total. The summed E-state index contributed by atoms with van der Waals surface area (Å²) in [7, 11) is 0. The highest BCUT2D eigenvalue weighted by Gasteiger charge is 2.08. The third-order valence-electron chi connectivity index (χ3n) is 2.62. The van der Waals surface area contributed by atoms with Crippen molar-refractivity contribution in [3.63, 3.8) is 0 Å². The van der Waals surface area contributed by atoms with E-state index in [2.05, 4.69) is 80.7 Å². The maximum Gasteiger partial charge on any atom is 0.0344 e. The van der Waals surface area contributed by atoms with Gasteiger partial charge in [-0.15, -0.1) is 11.8 Å². The minimum atomic E-state index is 0.111. The fraction of sp³-hybridized carbons (Fsp3) is 0.294. The SMILES string of the molecule is CC(C)(C)Nc1ccc(CSc2ccccc2)cc1. The lowest BCUT2D eigenvalue weighted by atomic mass is 10.1. The van der Waals surface area contributed by atoms with E-state index in [1.807, 2.05) is 11.8 Å². The van der Waals surface area contributed by atoms with Crippen LogP contribution in [0.15, 0.2) is 59.5 Å². The van der Waals surface area contributed by atoms with Gasteiger partial charge in [-0.2, -0.15) is 0 Å². The van der Waals surface area contributed by atoms with Crippen LogP contribution in [0.2, 0.25) is 0 Å². The van der Waals surface area contributed by atoms with Crippen LogP contribution in [-0.4, -0.2) is 5.54 Å². The van der Waals surface area contributed by atoms with Crippen LogP contribution in [0.5, 0.6) is 0 Å². The molecule has 0 aliphatic rings. The molecular weight excluding hydrogens is 250 g/mol. The van der Waals surface area contributed by atoms with Crippen LogP contribution >= 0.6 is 11.8 Å². The van der Waals surface area contributed by atoms with Crippen LogP contribution in [0.4, 0.5) is 5.69 Å². The molecule has 0 radical (unpaired) electrons. The van der Waals surface area contributed by atoms with E-state index in [0.29, 0.717) is 0 Å². The van der Waals surface area contributed by atoms with Crippen LogP contribution in [0.25, 0.3) is 0 Å². The largest absolute Gasteiger partial charge is 0.380 e. The second kappa shape index (κ2) is 6.16. The molecule has 2 aromatic rings. The summed E-state index contributed by atoms with van der Waals surface area (Å²) in [6.07, 6.45) is 0. The monoisotopic (exact) mass is 271 g/mol. The summed E-state index contributed by atoms with van der Waals surface area (Å²) in [5.41, 5.74) is 2.65. The second-order valence-corrected chi connectivity index (χ2v) is 6.72. The van der Waals surface area contributed by atoms with Crippen molar-refractivity contribution in [2.75, 3.05) is 5.32 Å². The van der Waals surface area contributed by atoms with E-state index in [1.165, 1.54) is 16.1 Å². The van der Waals surface area contributed by atoms with E-state index < -0.39 is 0 Å². The highest BCUT2D eigenvalue weighted by atomic mass is 32.2. The van der Waals surface area contributed by atoms with Crippen LogP contribution in [0.3, 0.4) is 0 Å². The van der Waals surface area contributed by atoms with E-state index in [9.17, 15) is 0 Å². The van der Waals surface area contributed by atoms with Crippen LogP contribution < -0.4 is 5.32 Å². The Hall–Kier alpha value is -1.41. The van der Waals surface area contributed by atoms with Gasteiger partial charge in [-0.3, -0.25) is 0 Å². The Morgan fingerprint density at radius 3 is 2.11 bits per heavy atom. The van der Waals surface area contributed by atoms with Gasteiger partial charge in [-0.25, -0.2) is 0 Å². The van der Waals surface area contributed by atoms with Crippen molar-refractivity contribution in [1.82, 2.24) is 0 Å².